The van der Waals surface area contributed by atoms with Gasteiger partial charge in [0.1, 0.15) is 0 Å². The second-order valence-electron chi connectivity index (χ2n) is 5.57. The Labute approximate surface area is 114 Å². The Morgan fingerprint density at radius 2 is 2.11 bits per heavy atom. The van der Waals surface area contributed by atoms with Crippen molar-refractivity contribution in [2.24, 2.45) is 16.2 Å². The maximum atomic E-state index is 5.43. The van der Waals surface area contributed by atoms with Gasteiger partial charge >= 0.3 is 0 Å². The van der Waals surface area contributed by atoms with Crippen LogP contribution in [-0.4, -0.2) is 19.0 Å². The third-order valence-corrected chi connectivity index (χ3v) is 3.68. The van der Waals surface area contributed by atoms with Crippen LogP contribution in [0.15, 0.2) is 40.7 Å². The lowest BCUT2D eigenvalue weighted by atomic mass is 9.80. The molecule has 0 aromatic heterocycles. The second-order valence-corrected chi connectivity index (χ2v) is 5.57. The minimum atomic E-state index is -0.380. The molecule has 0 aliphatic carbocycles. The lowest BCUT2D eigenvalue weighted by Gasteiger charge is -2.26. The Bertz CT molecular complexity index is 419. The fourth-order valence-electron chi connectivity index (χ4n) is 2.37. The smallest absolute Gasteiger partial charge is 0.226 e. The molecule has 1 heterocycles. The van der Waals surface area contributed by atoms with E-state index in [1.54, 1.807) is 0 Å². The predicted molar refractivity (Wildman–Crippen MR) is 74.4 cm³/mol. The third-order valence-electron chi connectivity index (χ3n) is 3.68. The van der Waals surface area contributed by atoms with Crippen molar-refractivity contribution in [3.63, 3.8) is 0 Å². The van der Waals surface area contributed by atoms with Gasteiger partial charge in [0, 0.05) is 6.04 Å². The largest absolute Gasteiger partial charge is 0.341 e. The molecule has 0 spiro atoms. The first-order chi connectivity index (χ1) is 9.12. The maximum Gasteiger partial charge on any atom is 0.226 e. The lowest BCUT2D eigenvalue weighted by molar-refractivity contribution is 0.101. The van der Waals surface area contributed by atoms with Crippen LogP contribution in [0.3, 0.4) is 0 Å². The molecule has 2 rings (SSSR count). The molecule has 1 unspecified atom stereocenters. The van der Waals surface area contributed by atoms with Crippen molar-refractivity contribution in [1.29, 1.82) is 0 Å². The molecular formula is C14H22N4O. The number of rotatable bonds is 5. The molecule has 0 saturated carbocycles. The molecule has 0 bridgehead atoms. The molecule has 5 heteroatoms. The Morgan fingerprint density at radius 1 is 1.37 bits per heavy atom. The summed E-state index contributed by atoms with van der Waals surface area (Å²) in [5, 5.41) is 10.2. The molecule has 3 N–H and O–H groups in total. The maximum absolute atomic E-state index is 5.43. The zero-order chi connectivity index (χ0) is 13.7. The van der Waals surface area contributed by atoms with Crippen LogP contribution in [0.1, 0.15) is 32.3 Å². The van der Waals surface area contributed by atoms with Crippen molar-refractivity contribution in [2.75, 3.05) is 6.61 Å². The van der Waals surface area contributed by atoms with Crippen molar-refractivity contribution < 1.29 is 4.74 Å². The van der Waals surface area contributed by atoms with E-state index in [4.69, 9.17) is 10.6 Å². The average molecular weight is 262 g/mol. The van der Waals surface area contributed by atoms with Gasteiger partial charge in [0.05, 0.1) is 6.61 Å². The highest BCUT2D eigenvalue weighted by Gasteiger charge is 2.27. The molecule has 0 amide bonds. The highest BCUT2D eigenvalue weighted by Crippen LogP contribution is 2.29. The highest BCUT2D eigenvalue weighted by atomic mass is 16.5. The minimum Gasteiger partial charge on any atom is -0.341 e. The Morgan fingerprint density at radius 3 is 2.79 bits per heavy atom. The topological polar surface area (TPSA) is 72.0 Å². The molecule has 0 radical (unpaired) electrons. The van der Waals surface area contributed by atoms with Gasteiger partial charge in [0.15, 0.2) is 0 Å². The van der Waals surface area contributed by atoms with Crippen molar-refractivity contribution in [3.05, 3.63) is 35.9 Å². The van der Waals surface area contributed by atoms with Crippen LogP contribution in [0.4, 0.5) is 0 Å². The van der Waals surface area contributed by atoms with E-state index >= 15 is 0 Å². The van der Waals surface area contributed by atoms with E-state index in [1.807, 2.05) is 6.07 Å². The van der Waals surface area contributed by atoms with Gasteiger partial charge in [-0.2, -0.15) is 0 Å². The Balaban J connectivity index is 1.85. The van der Waals surface area contributed by atoms with Crippen LogP contribution in [0.25, 0.3) is 0 Å². The zero-order valence-corrected chi connectivity index (χ0v) is 11.5. The first-order valence-corrected chi connectivity index (χ1v) is 6.65. The van der Waals surface area contributed by atoms with E-state index < -0.39 is 0 Å². The Hall–Kier alpha value is -1.46. The molecule has 1 aliphatic rings. The van der Waals surface area contributed by atoms with Crippen LogP contribution < -0.4 is 11.2 Å². The quantitative estimate of drug-likeness (QED) is 0.486. The third kappa shape index (κ3) is 3.75. The number of hydrogen-bond acceptors (Lipinski definition) is 4. The van der Waals surface area contributed by atoms with Gasteiger partial charge < -0.3 is 10.6 Å². The Kier molecular flexibility index (Phi) is 4.50. The molecule has 2 atom stereocenters. The zero-order valence-electron chi connectivity index (χ0n) is 11.5. The van der Waals surface area contributed by atoms with Gasteiger partial charge in [0.25, 0.3) is 0 Å². The van der Waals surface area contributed by atoms with Crippen LogP contribution in [-0.2, 0) is 10.2 Å². The molecule has 104 valence electrons. The standard InChI is InChI=1S/C14H22N4O/c1-14(2,11-6-4-3-5-7-11)9-8-12-10-19-13(16-12)17-18-15/h3-7,12-13,16H,8-10H2,1-2H3,(H2,15,17)/t12-,13?/m0/s1. The molecule has 1 aliphatic heterocycles. The number of ether oxygens (including phenoxy) is 1. The molecule has 1 aromatic rings. The van der Waals surface area contributed by atoms with Crippen molar-refractivity contribution in [1.82, 2.24) is 5.32 Å². The first-order valence-electron chi connectivity index (χ1n) is 6.65. The SMILES string of the molecule is CC(C)(CC[C@H]1COC(N=NN)N1)c1ccccc1. The van der Waals surface area contributed by atoms with E-state index in [1.165, 1.54) is 5.56 Å². The number of nitrogens with two attached hydrogens (primary N) is 1. The number of benzene rings is 1. The summed E-state index contributed by atoms with van der Waals surface area (Å²) in [4.78, 5) is 0. The van der Waals surface area contributed by atoms with Gasteiger partial charge in [-0.1, -0.05) is 49.4 Å². The molecular weight excluding hydrogens is 240 g/mol. The van der Waals surface area contributed by atoms with Crippen LogP contribution in [0, 0.1) is 0 Å². The van der Waals surface area contributed by atoms with Gasteiger partial charge in [-0.25, -0.2) is 0 Å². The first kappa shape index (κ1) is 14.0. The van der Waals surface area contributed by atoms with E-state index in [0.717, 1.165) is 12.8 Å². The summed E-state index contributed by atoms with van der Waals surface area (Å²) in [5.74, 6) is 5.01. The molecule has 19 heavy (non-hydrogen) atoms. The summed E-state index contributed by atoms with van der Waals surface area (Å²) < 4.78 is 5.43. The van der Waals surface area contributed by atoms with E-state index in [-0.39, 0.29) is 11.8 Å². The van der Waals surface area contributed by atoms with Crippen molar-refractivity contribution >= 4 is 0 Å². The average Bonchev–Trinajstić information content (AvgIpc) is 2.86. The van der Waals surface area contributed by atoms with Crippen LogP contribution in [0.5, 0.6) is 0 Å². The van der Waals surface area contributed by atoms with E-state index in [0.29, 0.717) is 12.6 Å². The molecule has 1 saturated heterocycles. The summed E-state index contributed by atoms with van der Waals surface area (Å²) >= 11 is 0. The molecule has 1 fully saturated rings. The fraction of sp³-hybridized carbons (Fsp3) is 0.571. The van der Waals surface area contributed by atoms with E-state index in [2.05, 4.69) is 53.8 Å². The number of nitrogens with zero attached hydrogens (tertiary/aromatic N) is 2. The van der Waals surface area contributed by atoms with Crippen molar-refractivity contribution in [2.45, 2.75) is 44.5 Å². The lowest BCUT2D eigenvalue weighted by Crippen LogP contribution is -2.31. The fourth-order valence-corrected chi connectivity index (χ4v) is 2.37. The number of hydrogen-bond donors (Lipinski definition) is 2. The van der Waals surface area contributed by atoms with Crippen LogP contribution >= 0.6 is 0 Å². The highest BCUT2D eigenvalue weighted by molar-refractivity contribution is 5.23. The van der Waals surface area contributed by atoms with Gasteiger partial charge in [-0.3, -0.25) is 5.32 Å². The summed E-state index contributed by atoms with van der Waals surface area (Å²) in [5.41, 5.74) is 1.53. The predicted octanol–water partition coefficient (Wildman–Crippen LogP) is 2.34. The van der Waals surface area contributed by atoms with Gasteiger partial charge in [0.2, 0.25) is 6.35 Å². The van der Waals surface area contributed by atoms with Crippen LogP contribution in [0.2, 0.25) is 0 Å². The second kappa shape index (κ2) is 6.12. The summed E-state index contributed by atoms with van der Waals surface area (Å²) in [6.07, 6.45) is 1.75. The molecule has 1 aromatic carbocycles. The number of nitrogens with one attached hydrogen (secondary N) is 1. The summed E-state index contributed by atoms with van der Waals surface area (Å²) in [7, 11) is 0. The monoisotopic (exact) mass is 262 g/mol. The van der Waals surface area contributed by atoms with Gasteiger partial charge in [-0.05, 0) is 23.8 Å². The minimum absolute atomic E-state index is 0.163. The normalized spacial score (nSPS) is 24.1. The summed E-state index contributed by atoms with van der Waals surface area (Å²) in [6, 6.07) is 10.9. The van der Waals surface area contributed by atoms with Gasteiger partial charge in [-0.15, -0.1) is 5.11 Å². The van der Waals surface area contributed by atoms with E-state index in [9.17, 15) is 0 Å². The molecule has 5 nitrogen and oxygen atoms in total. The van der Waals surface area contributed by atoms with Crippen molar-refractivity contribution in [3.8, 4) is 0 Å². The summed E-state index contributed by atoms with van der Waals surface area (Å²) in [6.45, 7) is 5.21.